The van der Waals surface area contributed by atoms with Crippen LogP contribution in [0.15, 0.2) is 21.6 Å². The van der Waals surface area contributed by atoms with Crippen LogP contribution in [0.1, 0.15) is 5.76 Å². The first kappa shape index (κ1) is 11.0. The normalized spacial score (nSPS) is 12.2. The number of furan rings is 1. The van der Waals surface area contributed by atoms with Gasteiger partial charge in [0.15, 0.2) is 5.09 Å². The van der Waals surface area contributed by atoms with Gasteiger partial charge in [0.25, 0.3) is 0 Å². The number of hydrogen-bond donors (Lipinski definition) is 0. The average Bonchev–Trinajstić information content (AvgIpc) is 2.14. The molecule has 0 fully saturated rings. The Balaban J connectivity index is 0.000000810. The van der Waals surface area contributed by atoms with Crippen molar-refractivity contribution in [2.45, 2.75) is 12.0 Å². The molecule has 0 radical (unpaired) electrons. The second-order valence-electron chi connectivity index (χ2n) is 1.60. The quantitative estimate of drug-likeness (QED) is 0.369. The standard InChI is InChI=1S/C5H6O3S.K/c1-4-2-3-5(8-4)9(6)7;/h2-3H,1H3,(H,6,7);/q;+1/p-1. The first-order valence-corrected chi connectivity index (χ1v) is 3.43. The summed E-state index contributed by atoms with van der Waals surface area (Å²) in [6.45, 7) is 1.69. The molecule has 1 heterocycles. The van der Waals surface area contributed by atoms with Gasteiger partial charge in [-0.15, -0.1) is 0 Å². The van der Waals surface area contributed by atoms with Gasteiger partial charge in [0.2, 0.25) is 0 Å². The van der Waals surface area contributed by atoms with E-state index in [1.807, 2.05) is 0 Å². The van der Waals surface area contributed by atoms with Crippen LogP contribution >= 0.6 is 0 Å². The van der Waals surface area contributed by atoms with Gasteiger partial charge in [0.1, 0.15) is 5.76 Å². The molecule has 10 heavy (non-hydrogen) atoms. The summed E-state index contributed by atoms with van der Waals surface area (Å²) in [6, 6.07) is 3.02. The van der Waals surface area contributed by atoms with Crippen molar-refractivity contribution in [1.29, 1.82) is 0 Å². The third kappa shape index (κ3) is 2.96. The molecule has 0 aliphatic rings. The summed E-state index contributed by atoms with van der Waals surface area (Å²) in [5.41, 5.74) is 0. The van der Waals surface area contributed by atoms with Gasteiger partial charge in [0, 0.05) is 11.1 Å². The summed E-state index contributed by atoms with van der Waals surface area (Å²) < 4.78 is 25.0. The summed E-state index contributed by atoms with van der Waals surface area (Å²) >= 11 is -2.22. The molecular formula is C5H5KO3S. The van der Waals surface area contributed by atoms with Crippen molar-refractivity contribution in [1.82, 2.24) is 0 Å². The van der Waals surface area contributed by atoms with E-state index in [1.165, 1.54) is 6.07 Å². The van der Waals surface area contributed by atoms with Gasteiger partial charge in [-0.25, -0.2) is 0 Å². The molecule has 1 rings (SSSR count). The zero-order valence-electron chi connectivity index (χ0n) is 5.79. The fourth-order valence-corrected chi connectivity index (χ4v) is 0.880. The maximum absolute atomic E-state index is 10.1. The maximum Gasteiger partial charge on any atom is 1.00 e. The van der Waals surface area contributed by atoms with Crippen LogP contribution in [-0.4, -0.2) is 8.76 Å². The molecule has 0 saturated carbocycles. The van der Waals surface area contributed by atoms with E-state index < -0.39 is 11.1 Å². The van der Waals surface area contributed by atoms with Crippen LogP contribution in [0.3, 0.4) is 0 Å². The van der Waals surface area contributed by atoms with Gasteiger partial charge in [-0.2, -0.15) is 0 Å². The van der Waals surface area contributed by atoms with Crippen LogP contribution in [0.4, 0.5) is 0 Å². The van der Waals surface area contributed by atoms with E-state index in [0.717, 1.165) is 0 Å². The third-order valence-electron chi connectivity index (χ3n) is 0.880. The minimum absolute atomic E-state index is 0. The smallest absolute Gasteiger partial charge is 0.766 e. The number of aryl methyl sites for hydroxylation is 1. The average molecular weight is 184 g/mol. The Kier molecular flexibility index (Phi) is 5.31. The van der Waals surface area contributed by atoms with Gasteiger partial charge < -0.3 is 8.97 Å². The van der Waals surface area contributed by atoms with Gasteiger partial charge in [-0.05, 0) is 19.1 Å². The molecule has 5 heteroatoms. The van der Waals surface area contributed by atoms with Gasteiger partial charge in [-0.1, -0.05) is 0 Å². The monoisotopic (exact) mass is 184 g/mol. The van der Waals surface area contributed by atoms with Crippen molar-refractivity contribution in [2.24, 2.45) is 0 Å². The topological polar surface area (TPSA) is 53.3 Å². The van der Waals surface area contributed by atoms with Gasteiger partial charge in [-0.3, -0.25) is 4.21 Å². The maximum atomic E-state index is 10.1. The van der Waals surface area contributed by atoms with Crippen LogP contribution in [-0.2, 0) is 11.1 Å². The molecule has 0 bridgehead atoms. The molecule has 1 atom stereocenters. The van der Waals surface area contributed by atoms with Crippen LogP contribution < -0.4 is 51.4 Å². The van der Waals surface area contributed by atoms with E-state index in [-0.39, 0.29) is 56.5 Å². The minimum atomic E-state index is -2.22. The molecule has 0 N–H and O–H groups in total. The van der Waals surface area contributed by atoms with E-state index in [1.54, 1.807) is 13.0 Å². The van der Waals surface area contributed by atoms with E-state index >= 15 is 0 Å². The van der Waals surface area contributed by atoms with Crippen LogP contribution in [0.5, 0.6) is 0 Å². The van der Waals surface area contributed by atoms with E-state index in [0.29, 0.717) is 5.76 Å². The summed E-state index contributed by atoms with van der Waals surface area (Å²) in [5.74, 6) is 0.606. The molecule has 1 aromatic heterocycles. The predicted molar refractivity (Wildman–Crippen MR) is 30.6 cm³/mol. The van der Waals surface area contributed by atoms with Crippen LogP contribution in [0.2, 0.25) is 0 Å². The Hall–Kier alpha value is 1.03. The van der Waals surface area contributed by atoms with Crippen molar-refractivity contribution < 1.29 is 64.6 Å². The molecule has 0 aliphatic carbocycles. The Morgan fingerprint density at radius 3 is 2.40 bits per heavy atom. The Bertz CT molecular complexity index is 233. The molecular weight excluding hydrogens is 179 g/mol. The second-order valence-corrected chi connectivity index (χ2v) is 2.47. The first-order valence-electron chi connectivity index (χ1n) is 2.36. The summed E-state index contributed by atoms with van der Waals surface area (Å²) in [4.78, 5) is 0. The molecule has 1 unspecified atom stereocenters. The van der Waals surface area contributed by atoms with E-state index in [2.05, 4.69) is 0 Å². The fraction of sp³-hybridized carbons (Fsp3) is 0.200. The second kappa shape index (κ2) is 4.81. The van der Waals surface area contributed by atoms with Crippen LogP contribution in [0, 0.1) is 6.92 Å². The number of rotatable bonds is 1. The third-order valence-corrected chi connectivity index (χ3v) is 1.43. The molecule has 1 aromatic rings. The Morgan fingerprint density at radius 2 is 2.20 bits per heavy atom. The Morgan fingerprint density at radius 1 is 1.60 bits per heavy atom. The molecule has 0 aliphatic heterocycles. The van der Waals surface area contributed by atoms with Crippen molar-refractivity contribution in [3.63, 3.8) is 0 Å². The van der Waals surface area contributed by atoms with Crippen molar-refractivity contribution in [2.75, 3.05) is 0 Å². The van der Waals surface area contributed by atoms with Crippen LogP contribution in [0.25, 0.3) is 0 Å². The molecule has 3 nitrogen and oxygen atoms in total. The van der Waals surface area contributed by atoms with Gasteiger partial charge in [0.05, 0.1) is 0 Å². The zero-order chi connectivity index (χ0) is 6.85. The predicted octanol–water partition coefficient (Wildman–Crippen LogP) is -2.17. The largest absolute Gasteiger partial charge is 1.00 e. The van der Waals surface area contributed by atoms with E-state index in [9.17, 15) is 8.76 Å². The fourth-order valence-electron chi connectivity index (χ4n) is 0.502. The number of hydrogen-bond acceptors (Lipinski definition) is 3. The summed E-state index contributed by atoms with van der Waals surface area (Å²) in [6.07, 6.45) is 0. The SMILES string of the molecule is Cc1ccc(S(=O)[O-])o1.[K+]. The molecule has 50 valence electrons. The molecule has 0 saturated heterocycles. The van der Waals surface area contributed by atoms with Crippen molar-refractivity contribution in [3.8, 4) is 0 Å². The zero-order valence-corrected chi connectivity index (χ0v) is 9.73. The molecule has 0 spiro atoms. The molecule has 0 amide bonds. The first-order chi connectivity index (χ1) is 4.20. The Labute approximate surface area is 104 Å². The summed E-state index contributed by atoms with van der Waals surface area (Å²) in [5, 5.41) is -0.00694. The summed E-state index contributed by atoms with van der Waals surface area (Å²) in [7, 11) is 0. The minimum Gasteiger partial charge on any atom is -0.766 e. The molecule has 0 aromatic carbocycles. The van der Waals surface area contributed by atoms with Crippen molar-refractivity contribution >= 4 is 11.1 Å². The van der Waals surface area contributed by atoms with E-state index in [4.69, 9.17) is 4.42 Å². The van der Waals surface area contributed by atoms with Crippen molar-refractivity contribution in [3.05, 3.63) is 17.9 Å². The van der Waals surface area contributed by atoms with Gasteiger partial charge >= 0.3 is 51.4 Å².